The molecule has 0 spiro atoms. The molecule has 1 N–H and O–H groups in total. The maximum Gasteiger partial charge on any atom is 0.128 e. The second-order valence-corrected chi connectivity index (χ2v) is 5.48. The van der Waals surface area contributed by atoms with Gasteiger partial charge in [0, 0.05) is 5.56 Å². The van der Waals surface area contributed by atoms with Gasteiger partial charge in [0.15, 0.2) is 0 Å². The summed E-state index contributed by atoms with van der Waals surface area (Å²) in [6, 6.07) is 6.65. The molecule has 0 aromatic heterocycles. The van der Waals surface area contributed by atoms with Crippen molar-refractivity contribution < 1.29 is 14.2 Å². The minimum absolute atomic E-state index is 0.148. The number of hydrogen-bond donors (Lipinski definition) is 1. The lowest BCUT2D eigenvalue weighted by Crippen LogP contribution is -2.35. The van der Waals surface area contributed by atoms with Gasteiger partial charge in [-0.1, -0.05) is 38.0 Å². The zero-order valence-electron chi connectivity index (χ0n) is 11.5. The molecule has 1 aromatic rings. The molecular weight excluding hydrogens is 243 g/mol. The highest BCUT2D eigenvalue weighted by Gasteiger charge is 2.29. The predicted octanol–water partition coefficient (Wildman–Crippen LogP) is 3.67. The number of halogens is 1. The lowest BCUT2D eigenvalue weighted by molar-refractivity contribution is -0.0798. The second-order valence-electron chi connectivity index (χ2n) is 5.48. The molecule has 0 bridgehead atoms. The molecule has 0 aliphatic heterocycles. The summed E-state index contributed by atoms with van der Waals surface area (Å²) in [5, 5.41) is 9.98. The van der Waals surface area contributed by atoms with E-state index < -0.39 is 6.10 Å². The number of rotatable bonds is 5. The Kier molecular flexibility index (Phi) is 5.34. The highest BCUT2D eigenvalue weighted by atomic mass is 19.1. The van der Waals surface area contributed by atoms with Gasteiger partial charge >= 0.3 is 0 Å². The first kappa shape index (κ1) is 14.5. The van der Waals surface area contributed by atoms with E-state index in [0.717, 1.165) is 19.3 Å². The molecule has 3 atom stereocenters. The Labute approximate surface area is 114 Å². The van der Waals surface area contributed by atoms with E-state index in [-0.39, 0.29) is 18.5 Å². The fourth-order valence-electron chi connectivity index (χ4n) is 2.86. The molecule has 0 amide bonds. The van der Waals surface area contributed by atoms with Gasteiger partial charge < -0.3 is 9.84 Å². The first-order valence-electron chi connectivity index (χ1n) is 7.23. The Balaban J connectivity index is 1.88. The fraction of sp³-hybridized carbons (Fsp3) is 0.625. The van der Waals surface area contributed by atoms with Gasteiger partial charge in [-0.2, -0.15) is 0 Å². The molecule has 106 valence electrons. The molecule has 1 fully saturated rings. The van der Waals surface area contributed by atoms with Crippen molar-refractivity contribution in [1.82, 2.24) is 0 Å². The lowest BCUT2D eigenvalue weighted by atomic mass is 9.83. The highest BCUT2D eigenvalue weighted by molar-refractivity contribution is 5.16. The zero-order valence-corrected chi connectivity index (χ0v) is 11.5. The average molecular weight is 266 g/mol. The SMILES string of the molecule is CCCC1CCC(O)C(OCc2ccccc2F)C1. The van der Waals surface area contributed by atoms with E-state index in [1.54, 1.807) is 18.2 Å². The molecule has 1 aromatic carbocycles. The molecule has 3 heteroatoms. The quantitative estimate of drug-likeness (QED) is 0.881. The van der Waals surface area contributed by atoms with Gasteiger partial charge in [0.05, 0.1) is 18.8 Å². The van der Waals surface area contributed by atoms with Crippen LogP contribution in [0.1, 0.15) is 44.6 Å². The van der Waals surface area contributed by atoms with Crippen LogP contribution >= 0.6 is 0 Å². The summed E-state index contributed by atoms with van der Waals surface area (Å²) < 4.78 is 19.2. The monoisotopic (exact) mass is 266 g/mol. The second kappa shape index (κ2) is 7.01. The van der Waals surface area contributed by atoms with Crippen LogP contribution in [0.3, 0.4) is 0 Å². The van der Waals surface area contributed by atoms with Gasteiger partial charge in [0.2, 0.25) is 0 Å². The summed E-state index contributed by atoms with van der Waals surface area (Å²) in [6.45, 7) is 2.42. The van der Waals surface area contributed by atoms with Crippen LogP contribution in [-0.2, 0) is 11.3 Å². The van der Waals surface area contributed by atoms with Gasteiger partial charge in [-0.15, -0.1) is 0 Å². The third kappa shape index (κ3) is 4.02. The minimum Gasteiger partial charge on any atom is -0.390 e. The van der Waals surface area contributed by atoms with Gasteiger partial charge in [0.25, 0.3) is 0 Å². The summed E-state index contributed by atoms with van der Waals surface area (Å²) >= 11 is 0. The summed E-state index contributed by atoms with van der Waals surface area (Å²) in [7, 11) is 0. The van der Waals surface area contributed by atoms with Crippen molar-refractivity contribution in [3.05, 3.63) is 35.6 Å². The van der Waals surface area contributed by atoms with Crippen LogP contribution in [0.5, 0.6) is 0 Å². The van der Waals surface area contributed by atoms with Crippen LogP contribution in [0.25, 0.3) is 0 Å². The Hall–Kier alpha value is -0.930. The molecule has 0 saturated heterocycles. The third-order valence-corrected chi connectivity index (χ3v) is 3.97. The molecule has 3 unspecified atom stereocenters. The molecule has 19 heavy (non-hydrogen) atoms. The minimum atomic E-state index is -0.403. The van der Waals surface area contributed by atoms with Crippen LogP contribution in [0.4, 0.5) is 4.39 Å². The van der Waals surface area contributed by atoms with Crippen molar-refractivity contribution in [1.29, 1.82) is 0 Å². The number of ether oxygens (including phenoxy) is 1. The van der Waals surface area contributed by atoms with Crippen molar-refractivity contribution in [3.8, 4) is 0 Å². The standard InChI is InChI=1S/C16H23FO2/c1-2-5-12-8-9-15(18)16(10-12)19-11-13-6-3-4-7-14(13)17/h3-4,6-7,12,15-16,18H,2,5,8-11H2,1H3. The number of hydrogen-bond acceptors (Lipinski definition) is 2. The van der Waals surface area contributed by atoms with Crippen LogP contribution in [0, 0.1) is 11.7 Å². The molecule has 1 aliphatic rings. The zero-order chi connectivity index (χ0) is 13.7. The Morgan fingerprint density at radius 1 is 1.32 bits per heavy atom. The van der Waals surface area contributed by atoms with E-state index in [4.69, 9.17) is 4.74 Å². The topological polar surface area (TPSA) is 29.5 Å². The Bertz CT molecular complexity index is 394. The van der Waals surface area contributed by atoms with Gasteiger partial charge in [-0.3, -0.25) is 0 Å². The van der Waals surface area contributed by atoms with Crippen LogP contribution < -0.4 is 0 Å². The molecule has 0 radical (unpaired) electrons. The number of benzene rings is 1. The van der Waals surface area contributed by atoms with Crippen LogP contribution in [0.15, 0.2) is 24.3 Å². The third-order valence-electron chi connectivity index (χ3n) is 3.97. The first-order chi connectivity index (χ1) is 9.20. The van der Waals surface area contributed by atoms with Crippen LogP contribution in [-0.4, -0.2) is 17.3 Å². The molecule has 0 heterocycles. The maximum atomic E-state index is 13.5. The molecular formula is C16H23FO2. The molecule has 1 aliphatic carbocycles. The van der Waals surface area contributed by atoms with E-state index in [9.17, 15) is 9.50 Å². The Morgan fingerprint density at radius 3 is 2.84 bits per heavy atom. The first-order valence-corrected chi connectivity index (χ1v) is 7.23. The number of aliphatic hydroxyl groups is 1. The normalized spacial score (nSPS) is 27.4. The van der Waals surface area contributed by atoms with E-state index in [1.165, 1.54) is 18.9 Å². The van der Waals surface area contributed by atoms with E-state index >= 15 is 0 Å². The summed E-state index contributed by atoms with van der Waals surface area (Å²) in [6.07, 6.45) is 4.57. The number of aliphatic hydroxyl groups excluding tert-OH is 1. The molecule has 2 nitrogen and oxygen atoms in total. The maximum absolute atomic E-state index is 13.5. The van der Waals surface area contributed by atoms with Gasteiger partial charge in [0.1, 0.15) is 5.82 Å². The van der Waals surface area contributed by atoms with E-state index in [2.05, 4.69) is 6.92 Å². The van der Waals surface area contributed by atoms with Crippen molar-refractivity contribution in [3.63, 3.8) is 0 Å². The predicted molar refractivity (Wildman–Crippen MR) is 73.2 cm³/mol. The largest absolute Gasteiger partial charge is 0.390 e. The van der Waals surface area contributed by atoms with Crippen molar-refractivity contribution >= 4 is 0 Å². The smallest absolute Gasteiger partial charge is 0.128 e. The van der Waals surface area contributed by atoms with Crippen molar-refractivity contribution in [2.45, 2.75) is 57.8 Å². The van der Waals surface area contributed by atoms with E-state index in [0.29, 0.717) is 11.5 Å². The van der Waals surface area contributed by atoms with Crippen molar-refractivity contribution in [2.75, 3.05) is 0 Å². The highest BCUT2D eigenvalue weighted by Crippen LogP contribution is 2.30. The molecule has 1 saturated carbocycles. The molecule has 2 rings (SSSR count). The summed E-state index contributed by atoms with van der Waals surface area (Å²) in [4.78, 5) is 0. The fourth-order valence-corrected chi connectivity index (χ4v) is 2.86. The summed E-state index contributed by atoms with van der Waals surface area (Å²) in [5.41, 5.74) is 0.562. The summed E-state index contributed by atoms with van der Waals surface area (Å²) in [5.74, 6) is 0.400. The van der Waals surface area contributed by atoms with Crippen molar-refractivity contribution in [2.24, 2.45) is 5.92 Å². The van der Waals surface area contributed by atoms with E-state index in [1.807, 2.05) is 0 Å². The van der Waals surface area contributed by atoms with Crippen LogP contribution in [0.2, 0.25) is 0 Å². The van der Waals surface area contributed by atoms with Gasteiger partial charge in [-0.05, 0) is 31.2 Å². The average Bonchev–Trinajstić information content (AvgIpc) is 2.41. The lowest BCUT2D eigenvalue weighted by Gasteiger charge is -2.33. The Morgan fingerprint density at radius 2 is 2.11 bits per heavy atom. The van der Waals surface area contributed by atoms with Gasteiger partial charge in [-0.25, -0.2) is 4.39 Å².